The molecule has 164 valence electrons. The number of fused-ring (bicyclic) bond motifs is 4. The average Bonchev–Trinajstić information content (AvgIpc) is 2.82. The molecule has 4 nitrogen and oxygen atoms in total. The molecule has 0 aromatic heterocycles. The highest BCUT2D eigenvalue weighted by molar-refractivity contribution is 5.50. The zero-order valence-corrected chi connectivity index (χ0v) is 19.0. The van der Waals surface area contributed by atoms with Crippen LogP contribution in [0.3, 0.4) is 0 Å². The van der Waals surface area contributed by atoms with E-state index in [1.165, 1.54) is 24.1 Å². The van der Waals surface area contributed by atoms with Crippen molar-refractivity contribution >= 4 is 0 Å². The first-order chi connectivity index (χ1) is 15.2. The lowest BCUT2D eigenvalue weighted by Gasteiger charge is -2.43. The summed E-state index contributed by atoms with van der Waals surface area (Å²) in [6, 6.07) is 14.3. The molecule has 4 heteroatoms. The first-order valence-electron chi connectivity index (χ1n) is 11.7. The molecule has 3 aliphatic heterocycles. The minimum absolute atomic E-state index is 0.338. The van der Waals surface area contributed by atoms with Gasteiger partial charge in [0.15, 0.2) is 11.5 Å². The molecule has 0 fully saturated rings. The van der Waals surface area contributed by atoms with Crippen LogP contribution in [0, 0.1) is 0 Å². The third kappa shape index (κ3) is 3.77. The lowest BCUT2D eigenvalue weighted by atomic mass is 9.80. The highest BCUT2D eigenvalue weighted by Crippen LogP contribution is 2.43. The van der Waals surface area contributed by atoms with Gasteiger partial charge < -0.3 is 14.8 Å². The lowest BCUT2D eigenvalue weighted by molar-refractivity contribution is 0.182. The number of ether oxygens (including phenoxy) is 2. The number of hydrogen-bond donors (Lipinski definition) is 1. The Morgan fingerprint density at radius 3 is 2.58 bits per heavy atom. The van der Waals surface area contributed by atoms with Gasteiger partial charge in [-0.3, -0.25) is 4.90 Å². The molecule has 2 aromatic rings. The molecule has 5 rings (SSSR count). The minimum atomic E-state index is 0.338. The summed E-state index contributed by atoms with van der Waals surface area (Å²) in [5.74, 6) is 1.66. The predicted octanol–water partition coefficient (Wildman–Crippen LogP) is 4.99. The molecule has 3 aliphatic rings. The van der Waals surface area contributed by atoms with Gasteiger partial charge in [-0.15, -0.1) is 0 Å². The van der Waals surface area contributed by atoms with Gasteiger partial charge in [0.1, 0.15) is 0 Å². The Bertz CT molecular complexity index is 997. The van der Waals surface area contributed by atoms with Crippen LogP contribution in [0.25, 0.3) is 0 Å². The molecule has 2 aromatic carbocycles. The van der Waals surface area contributed by atoms with E-state index in [-0.39, 0.29) is 0 Å². The highest BCUT2D eigenvalue weighted by atomic mass is 16.5. The van der Waals surface area contributed by atoms with E-state index >= 15 is 0 Å². The number of methoxy groups -OCH3 is 2. The molecule has 0 radical (unpaired) electrons. The Morgan fingerprint density at radius 2 is 1.77 bits per heavy atom. The quantitative estimate of drug-likeness (QED) is 0.694. The van der Waals surface area contributed by atoms with E-state index in [9.17, 15) is 0 Å². The molecular formula is C27H34N2O2. The molecule has 31 heavy (non-hydrogen) atoms. The number of nitrogens with zero attached hydrogens (tertiary/aromatic N) is 1. The maximum atomic E-state index is 5.62. The Kier molecular flexibility index (Phi) is 5.77. The van der Waals surface area contributed by atoms with E-state index in [1.807, 2.05) is 0 Å². The summed E-state index contributed by atoms with van der Waals surface area (Å²) in [6.45, 7) is 5.64. The maximum absolute atomic E-state index is 5.62. The third-order valence-electron chi connectivity index (χ3n) is 7.54. The molecule has 1 N–H and O–H groups in total. The van der Waals surface area contributed by atoms with Crippen LogP contribution in [0.4, 0.5) is 0 Å². The Balaban J connectivity index is 1.45. The second kappa shape index (κ2) is 8.68. The molecule has 0 saturated carbocycles. The molecule has 0 unspecified atom stereocenters. The summed E-state index contributed by atoms with van der Waals surface area (Å²) in [6.07, 6.45) is 5.60. The van der Waals surface area contributed by atoms with Crippen molar-refractivity contribution in [3.05, 3.63) is 69.8 Å². The Morgan fingerprint density at radius 1 is 0.968 bits per heavy atom. The predicted molar refractivity (Wildman–Crippen MR) is 125 cm³/mol. The molecule has 0 saturated heterocycles. The van der Waals surface area contributed by atoms with Crippen molar-refractivity contribution in [2.45, 2.75) is 51.1 Å². The zero-order chi connectivity index (χ0) is 21.4. The molecule has 0 bridgehead atoms. The van der Waals surface area contributed by atoms with Gasteiger partial charge in [0.05, 0.1) is 14.2 Å². The van der Waals surface area contributed by atoms with E-state index in [4.69, 9.17) is 9.47 Å². The summed E-state index contributed by atoms with van der Waals surface area (Å²) < 4.78 is 11.2. The molecule has 0 aliphatic carbocycles. The van der Waals surface area contributed by atoms with Crippen molar-refractivity contribution < 1.29 is 9.47 Å². The van der Waals surface area contributed by atoms with Crippen LogP contribution in [0.1, 0.15) is 60.5 Å². The Hall–Kier alpha value is -2.30. The first-order valence-corrected chi connectivity index (χ1v) is 11.7. The molecule has 2 atom stereocenters. The van der Waals surface area contributed by atoms with Crippen molar-refractivity contribution in [3.63, 3.8) is 0 Å². The van der Waals surface area contributed by atoms with Gasteiger partial charge >= 0.3 is 0 Å². The number of nitrogens with one attached hydrogen (secondary N) is 1. The van der Waals surface area contributed by atoms with Crippen molar-refractivity contribution in [3.8, 4) is 11.5 Å². The third-order valence-corrected chi connectivity index (χ3v) is 7.54. The fraction of sp³-hybridized carbons (Fsp3) is 0.481. The monoisotopic (exact) mass is 418 g/mol. The first kappa shape index (κ1) is 20.6. The van der Waals surface area contributed by atoms with Crippen LogP contribution in [-0.4, -0.2) is 38.8 Å². The van der Waals surface area contributed by atoms with E-state index < -0.39 is 0 Å². The summed E-state index contributed by atoms with van der Waals surface area (Å²) >= 11 is 0. The highest BCUT2D eigenvalue weighted by Gasteiger charge is 2.34. The summed E-state index contributed by atoms with van der Waals surface area (Å²) in [7, 11) is 3.44. The van der Waals surface area contributed by atoms with E-state index in [0.29, 0.717) is 12.1 Å². The van der Waals surface area contributed by atoms with Gasteiger partial charge in [0.25, 0.3) is 0 Å². The van der Waals surface area contributed by atoms with Crippen LogP contribution < -0.4 is 14.8 Å². The number of rotatable bonds is 5. The van der Waals surface area contributed by atoms with Crippen LogP contribution in [0.2, 0.25) is 0 Å². The van der Waals surface area contributed by atoms with Gasteiger partial charge in [-0.25, -0.2) is 0 Å². The van der Waals surface area contributed by atoms with Crippen LogP contribution in [0.5, 0.6) is 11.5 Å². The van der Waals surface area contributed by atoms with Gasteiger partial charge in [-0.1, -0.05) is 42.3 Å². The smallest absolute Gasteiger partial charge is 0.161 e. The van der Waals surface area contributed by atoms with Crippen molar-refractivity contribution in [2.24, 2.45) is 0 Å². The molecule has 3 heterocycles. The SMILES string of the molecule is CCC1=C(C[C@H]2NCCc3cc(OC)c(OC)cc32)C[C@@H]2c3ccccc3CCN2C1. The molecular weight excluding hydrogens is 384 g/mol. The summed E-state index contributed by atoms with van der Waals surface area (Å²) in [4.78, 5) is 2.71. The Labute approximate surface area is 186 Å². The average molecular weight is 419 g/mol. The summed E-state index contributed by atoms with van der Waals surface area (Å²) in [5, 5.41) is 3.80. The topological polar surface area (TPSA) is 33.7 Å². The van der Waals surface area contributed by atoms with Gasteiger partial charge in [-0.2, -0.15) is 0 Å². The van der Waals surface area contributed by atoms with Gasteiger partial charge in [0, 0.05) is 25.2 Å². The second-order valence-corrected chi connectivity index (χ2v) is 9.07. The van der Waals surface area contributed by atoms with E-state index in [1.54, 1.807) is 36.5 Å². The van der Waals surface area contributed by atoms with Crippen molar-refractivity contribution in [1.82, 2.24) is 10.2 Å². The van der Waals surface area contributed by atoms with E-state index in [0.717, 1.165) is 50.3 Å². The van der Waals surface area contributed by atoms with Crippen molar-refractivity contribution in [1.29, 1.82) is 0 Å². The largest absolute Gasteiger partial charge is 0.493 e. The van der Waals surface area contributed by atoms with Crippen molar-refractivity contribution in [2.75, 3.05) is 33.9 Å². The van der Waals surface area contributed by atoms with Gasteiger partial charge in [-0.05, 0) is 73.0 Å². The second-order valence-electron chi connectivity index (χ2n) is 9.07. The molecule has 0 spiro atoms. The minimum Gasteiger partial charge on any atom is -0.493 e. The van der Waals surface area contributed by atoms with Gasteiger partial charge in [0.2, 0.25) is 0 Å². The molecule has 0 amide bonds. The number of benzene rings is 2. The van der Waals surface area contributed by atoms with Crippen LogP contribution in [-0.2, 0) is 12.8 Å². The van der Waals surface area contributed by atoms with Crippen LogP contribution >= 0.6 is 0 Å². The fourth-order valence-corrected chi connectivity index (χ4v) is 5.85. The maximum Gasteiger partial charge on any atom is 0.161 e. The van der Waals surface area contributed by atoms with Crippen LogP contribution in [0.15, 0.2) is 47.5 Å². The summed E-state index contributed by atoms with van der Waals surface area (Å²) in [5.41, 5.74) is 9.15. The van der Waals surface area contributed by atoms with E-state index in [2.05, 4.69) is 53.5 Å². The standard InChI is InChI=1S/C27H34N2O2/c1-4-18-17-29-12-10-19-7-5-6-8-22(19)25(29)14-21(18)13-24-23-16-27(31-3)26(30-2)15-20(23)9-11-28-24/h5-8,15-16,24-25,28H,4,9-14,17H2,1-3H3/t24-,25-/m1/s1. The number of hydrogen-bond acceptors (Lipinski definition) is 4. The zero-order valence-electron chi connectivity index (χ0n) is 19.0. The normalized spacial score (nSPS) is 23.1. The fourth-order valence-electron chi connectivity index (χ4n) is 5.85. The lowest BCUT2D eigenvalue weighted by Crippen LogP contribution is -2.40.